The maximum atomic E-state index is 6.31. The van der Waals surface area contributed by atoms with Gasteiger partial charge in [0.15, 0.2) is 0 Å². The number of furan rings is 1. The molecule has 0 spiro atoms. The van der Waals surface area contributed by atoms with E-state index in [0.29, 0.717) is 0 Å². The van der Waals surface area contributed by atoms with Gasteiger partial charge >= 0.3 is 0 Å². The molecule has 92 valence electrons. The van der Waals surface area contributed by atoms with Crippen LogP contribution >= 0.6 is 0 Å². The molecule has 0 radical (unpaired) electrons. The van der Waals surface area contributed by atoms with Gasteiger partial charge in [-0.2, -0.15) is 0 Å². The fraction of sp³-hybridized carbons (Fsp3) is 0.250. The molecule has 2 N–H and O–H groups in total. The Morgan fingerprint density at radius 2 is 1.89 bits per heavy atom. The molecule has 0 saturated heterocycles. The SMILES string of the molecule is CCCCc1ccc2oc3ccccc3c2c1N. The van der Waals surface area contributed by atoms with Crippen molar-refractivity contribution in [3.8, 4) is 0 Å². The number of para-hydroxylation sites is 1. The monoisotopic (exact) mass is 239 g/mol. The van der Waals surface area contributed by atoms with Crippen molar-refractivity contribution >= 4 is 27.6 Å². The summed E-state index contributed by atoms with van der Waals surface area (Å²) in [5.74, 6) is 0. The van der Waals surface area contributed by atoms with Crippen molar-refractivity contribution in [1.29, 1.82) is 0 Å². The molecule has 18 heavy (non-hydrogen) atoms. The van der Waals surface area contributed by atoms with Gasteiger partial charge in [-0.05, 0) is 30.5 Å². The lowest BCUT2D eigenvalue weighted by Crippen LogP contribution is -1.94. The first-order valence-corrected chi connectivity index (χ1v) is 6.50. The average Bonchev–Trinajstić information content (AvgIpc) is 2.77. The van der Waals surface area contributed by atoms with Crippen LogP contribution in [-0.4, -0.2) is 0 Å². The van der Waals surface area contributed by atoms with Gasteiger partial charge in [-0.1, -0.05) is 37.6 Å². The van der Waals surface area contributed by atoms with Gasteiger partial charge in [0.2, 0.25) is 0 Å². The van der Waals surface area contributed by atoms with E-state index in [1.807, 2.05) is 24.3 Å². The Morgan fingerprint density at radius 3 is 2.72 bits per heavy atom. The predicted molar refractivity (Wildman–Crippen MR) is 76.7 cm³/mol. The van der Waals surface area contributed by atoms with Crippen LogP contribution in [0.5, 0.6) is 0 Å². The van der Waals surface area contributed by atoms with Gasteiger partial charge < -0.3 is 10.2 Å². The minimum Gasteiger partial charge on any atom is -0.456 e. The molecule has 2 heteroatoms. The van der Waals surface area contributed by atoms with Crippen LogP contribution in [0.4, 0.5) is 5.69 Å². The summed E-state index contributed by atoms with van der Waals surface area (Å²) in [7, 11) is 0. The van der Waals surface area contributed by atoms with Crippen LogP contribution in [0.1, 0.15) is 25.3 Å². The van der Waals surface area contributed by atoms with Crippen molar-refractivity contribution in [2.45, 2.75) is 26.2 Å². The van der Waals surface area contributed by atoms with Gasteiger partial charge in [0.1, 0.15) is 11.2 Å². The maximum Gasteiger partial charge on any atom is 0.137 e. The molecule has 0 amide bonds. The number of benzene rings is 2. The Morgan fingerprint density at radius 1 is 1.06 bits per heavy atom. The van der Waals surface area contributed by atoms with E-state index in [1.54, 1.807) is 0 Å². The van der Waals surface area contributed by atoms with E-state index in [0.717, 1.165) is 34.0 Å². The molecule has 2 aromatic carbocycles. The molecule has 0 aliphatic carbocycles. The molecule has 1 aromatic heterocycles. The van der Waals surface area contributed by atoms with Crippen molar-refractivity contribution in [2.75, 3.05) is 5.73 Å². The highest BCUT2D eigenvalue weighted by atomic mass is 16.3. The molecule has 0 bridgehead atoms. The molecule has 0 atom stereocenters. The van der Waals surface area contributed by atoms with Crippen molar-refractivity contribution in [3.63, 3.8) is 0 Å². The predicted octanol–water partition coefficient (Wildman–Crippen LogP) is 4.51. The minimum absolute atomic E-state index is 0.880. The van der Waals surface area contributed by atoms with E-state index >= 15 is 0 Å². The third kappa shape index (κ3) is 1.65. The molecule has 3 rings (SSSR count). The van der Waals surface area contributed by atoms with Gasteiger partial charge in [0.25, 0.3) is 0 Å². The topological polar surface area (TPSA) is 39.2 Å². The smallest absolute Gasteiger partial charge is 0.137 e. The Balaban J connectivity index is 2.25. The first-order valence-electron chi connectivity index (χ1n) is 6.50. The highest BCUT2D eigenvalue weighted by Crippen LogP contribution is 2.34. The number of fused-ring (bicyclic) bond motifs is 3. The van der Waals surface area contributed by atoms with Gasteiger partial charge in [0.05, 0.1) is 5.39 Å². The maximum absolute atomic E-state index is 6.31. The lowest BCUT2D eigenvalue weighted by atomic mass is 10.0. The fourth-order valence-corrected chi connectivity index (χ4v) is 2.47. The molecule has 0 fully saturated rings. The number of nitrogen functional groups attached to an aromatic ring is 1. The third-order valence-electron chi connectivity index (χ3n) is 3.47. The summed E-state index contributed by atoms with van der Waals surface area (Å²) in [6.07, 6.45) is 3.40. The van der Waals surface area contributed by atoms with Gasteiger partial charge in [-0.25, -0.2) is 0 Å². The lowest BCUT2D eigenvalue weighted by molar-refractivity contribution is 0.668. The van der Waals surface area contributed by atoms with E-state index in [-0.39, 0.29) is 0 Å². The number of nitrogens with two attached hydrogens (primary N) is 1. The molecule has 0 unspecified atom stereocenters. The van der Waals surface area contributed by atoms with E-state index in [1.165, 1.54) is 18.4 Å². The Hall–Kier alpha value is -1.96. The van der Waals surface area contributed by atoms with Crippen molar-refractivity contribution in [1.82, 2.24) is 0 Å². The zero-order chi connectivity index (χ0) is 12.5. The number of unbranched alkanes of at least 4 members (excludes halogenated alkanes) is 1. The summed E-state index contributed by atoms with van der Waals surface area (Å²) in [4.78, 5) is 0. The van der Waals surface area contributed by atoms with Gasteiger partial charge in [-0.15, -0.1) is 0 Å². The van der Waals surface area contributed by atoms with E-state index in [2.05, 4.69) is 19.1 Å². The highest BCUT2D eigenvalue weighted by Gasteiger charge is 2.11. The zero-order valence-corrected chi connectivity index (χ0v) is 10.6. The first-order chi connectivity index (χ1) is 8.81. The van der Waals surface area contributed by atoms with Crippen molar-refractivity contribution < 1.29 is 4.42 Å². The summed E-state index contributed by atoms with van der Waals surface area (Å²) in [5.41, 5.74) is 10.2. The Labute approximate surface area is 106 Å². The molecule has 0 saturated carbocycles. The largest absolute Gasteiger partial charge is 0.456 e. The standard InChI is InChI=1S/C16H17NO/c1-2-3-6-11-9-10-14-15(16(11)17)12-7-4-5-8-13(12)18-14/h4-5,7-10H,2-3,6,17H2,1H3. The lowest BCUT2D eigenvalue weighted by Gasteiger charge is -2.05. The number of anilines is 1. The number of hydrogen-bond donors (Lipinski definition) is 1. The minimum atomic E-state index is 0.880. The van der Waals surface area contributed by atoms with Crippen LogP contribution in [-0.2, 0) is 6.42 Å². The molecule has 2 nitrogen and oxygen atoms in total. The van der Waals surface area contributed by atoms with Crippen LogP contribution in [0.2, 0.25) is 0 Å². The van der Waals surface area contributed by atoms with Crippen LogP contribution in [0, 0.1) is 0 Å². The van der Waals surface area contributed by atoms with E-state index < -0.39 is 0 Å². The van der Waals surface area contributed by atoms with Crippen LogP contribution in [0.25, 0.3) is 21.9 Å². The summed E-state index contributed by atoms with van der Waals surface area (Å²) in [6, 6.07) is 12.2. The van der Waals surface area contributed by atoms with Crippen LogP contribution in [0.15, 0.2) is 40.8 Å². The molecule has 0 aliphatic rings. The Kier molecular flexibility index (Phi) is 2.71. The summed E-state index contributed by atoms with van der Waals surface area (Å²) >= 11 is 0. The van der Waals surface area contributed by atoms with Crippen LogP contribution < -0.4 is 5.73 Å². The number of aryl methyl sites for hydroxylation is 1. The molecule has 0 aliphatic heterocycles. The molecular weight excluding hydrogens is 222 g/mol. The van der Waals surface area contributed by atoms with Crippen molar-refractivity contribution in [3.05, 3.63) is 42.0 Å². The van der Waals surface area contributed by atoms with E-state index in [4.69, 9.17) is 10.2 Å². The van der Waals surface area contributed by atoms with Crippen LogP contribution in [0.3, 0.4) is 0 Å². The second-order valence-corrected chi connectivity index (χ2v) is 4.71. The van der Waals surface area contributed by atoms with Gasteiger partial charge in [-0.3, -0.25) is 0 Å². The first kappa shape index (κ1) is 11.1. The molecule has 3 aromatic rings. The van der Waals surface area contributed by atoms with Gasteiger partial charge in [0, 0.05) is 11.1 Å². The molecular formula is C16H17NO. The quantitative estimate of drug-likeness (QED) is 0.683. The normalized spacial score (nSPS) is 11.4. The van der Waals surface area contributed by atoms with Crippen molar-refractivity contribution in [2.24, 2.45) is 0 Å². The second-order valence-electron chi connectivity index (χ2n) is 4.71. The number of rotatable bonds is 3. The van der Waals surface area contributed by atoms with E-state index in [9.17, 15) is 0 Å². The number of hydrogen-bond acceptors (Lipinski definition) is 2. The Bertz CT molecular complexity index is 697. The average molecular weight is 239 g/mol. The molecule has 1 heterocycles. The second kappa shape index (κ2) is 4.37. The summed E-state index contributed by atoms with van der Waals surface area (Å²) in [6.45, 7) is 2.20. The highest BCUT2D eigenvalue weighted by molar-refractivity contribution is 6.11. The summed E-state index contributed by atoms with van der Waals surface area (Å²) < 4.78 is 5.81. The fourth-order valence-electron chi connectivity index (χ4n) is 2.47. The zero-order valence-electron chi connectivity index (χ0n) is 10.6. The summed E-state index contributed by atoms with van der Waals surface area (Å²) in [5, 5.41) is 2.18. The third-order valence-corrected chi connectivity index (χ3v) is 3.47.